The first-order valence-corrected chi connectivity index (χ1v) is 3.00. The maximum Gasteiger partial charge on any atom is 0.0340 e. The Labute approximate surface area is 42.6 Å². The van der Waals surface area contributed by atoms with Gasteiger partial charge in [0.25, 0.3) is 0 Å². The summed E-state index contributed by atoms with van der Waals surface area (Å²) in [5.74, 6) is 2.19. The fraction of sp³-hybridized carbons (Fsp3) is 0.750. The van der Waals surface area contributed by atoms with Crippen molar-refractivity contribution >= 4 is 11.9 Å². The fourth-order valence-corrected chi connectivity index (χ4v) is 1.21. The molecule has 0 spiro atoms. The quantitative estimate of drug-likeness (QED) is 0.461. The highest BCUT2D eigenvalue weighted by molar-refractivity contribution is 7.99. The lowest BCUT2D eigenvalue weighted by Gasteiger charge is -1.93. The van der Waals surface area contributed by atoms with E-state index >= 15 is 0 Å². The molecule has 6 heavy (non-hydrogen) atoms. The minimum Gasteiger partial charge on any atom is -0.261 e. The number of rotatable bonds is 0. The van der Waals surface area contributed by atoms with Gasteiger partial charge in [0.15, 0.2) is 0 Å². The minimum atomic E-state index is 0.704. The van der Waals surface area contributed by atoms with Crippen LogP contribution >= 0.6 is 11.9 Å². The lowest BCUT2D eigenvalue weighted by Crippen LogP contribution is -2.09. The Morgan fingerprint density at radius 3 is 3.00 bits per heavy atom. The highest BCUT2D eigenvalue weighted by Gasteiger charge is 2.07. The third-order valence-electron chi connectivity index (χ3n) is 0.802. The van der Waals surface area contributed by atoms with Crippen LogP contribution in [-0.4, -0.2) is 6.04 Å². The fourth-order valence-electron chi connectivity index (χ4n) is 0.405. The molecular formula is C4H8NS. The average Bonchev–Trinajstić information content (AvgIpc) is 1.86. The largest absolute Gasteiger partial charge is 0.261 e. The molecule has 1 rings (SSSR count). The highest BCUT2D eigenvalue weighted by Crippen LogP contribution is 2.15. The lowest BCUT2D eigenvalue weighted by molar-refractivity contribution is 0.726. The number of nitrogens with one attached hydrogen (secondary N) is 1. The van der Waals surface area contributed by atoms with Crippen molar-refractivity contribution in [1.82, 2.24) is 4.72 Å². The van der Waals surface area contributed by atoms with Gasteiger partial charge in [-0.3, -0.25) is 4.72 Å². The molecule has 0 aromatic heterocycles. The van der Waals surface area contributed by atoms with Crippen molar-refractivity contribution in [3.63, 3.8) is 0 Å². The predicted molar refractivity (Wildman–Crippen MR) is 29.1 cm³/mol. The molecule has 1 heterocycles. The molecule has 0 amide bonds. The normalized spacial score (nSPS) is 34.5. The van der Waals surface area contributed by atoms with Crippen LogP contribution in [0.4, 0.5) is 0 Å². The zero-order valence-electron chi connectivity index (χ0n) is 3.77. The second-order valence-electron chi connectivity index (χ2n) is 1.54. The van der Waals surface area contributed by atoms with E-state index in [4.69, 9.17) is 0 Å². The Kier molecular flexibility index (Phi) is 1.37. The van der Waals surface area contributed by atoms with Crippen molar-refractivity contribution in [1.29, 1.82) is 0 Å². The van der Waals surface area contributed by atoms with E-state index in [1.807, 2.05) is 0 Å². The first-order chi connectivity index (χ1) is 2.89. The SMILES string of the molecule is CC1C[CH]SN1. The van der Waals surface area contributed by atoms with Crippen LogP contribution in [0, 0.1) is 5.75 Å². The van der Waals surface area contributed by atoms with Gasteiger partial charge >= 0.3 is 0 Å². The summed E-state index contributed by atoms with van der Waals surface area (Å²) in [4.78, 5) is 0. The molecule has 0 aliphatic carbocycles. The van der Waals surface area contributed by atoms with Crippen LogP contribution in [-0.2, 0) is 0 Å². The van der Waals surface area contributed by atoms with Crippen molar-refractivity contribution in [3.05, 3.63) is 5.75 Å². The van der Waals surface area contributed by atoms with Crippen LogP contribution in [0.5, 0.6) is 0 Å². The molecule has 1 aliphatic heterocycles. The molecule has 1 fully saturated rings. The second kappa shape index (κ2) is 1.85. The molecule has 0 aromatic carbocycles. The van der Waals surface area contributed by atoms with E-state index in [-0.39, 0.29) is 0 Å². The van der Waals surface area contributed by atoms with Gasteiger partial charge in [0.1, 0.15) is 0 Å². The zero-order chi connectivity index (χ0) is 4.41. The summed E-state index contributed by atoms with van der Waals surface area (Å²) in [6.45, 7) is 2.18. The summed E-state index contributed by atoms with van der Waals surface area (Å²) in [5, 5.41) is 0. The monoisotopic (exact) mass is 102 g/mol. The van der Waals surface area contributed by atoms with Gasteiger partial charge in [-0.05, 0) is 13.3 Å². The van der Waals surface area contributed by atoms with Gasteiger partial charge in [-0.25, -0.2) is 0 Å². The molecular weight excluding hydrogens is 94.1 g/mol. The minimum absolute atomic E-state index is 0.704. The van der Waals surface area contributed by atoms with E-state index in [9.17, 15) is 0 Å². The van der Waals surface area contributed by atoms with Crippen LogP contribution in [0.25, 0.3) is 0 Å². The third kappa shape index (κ3) is 0.884. The second-order valence-corrected chi connectivity index (χ2v) is 2.34. The van der Waals surface area contributed by atoms with Crippen LogP contribution in [0.3, 0.4) is 0 Å². The number of hydrogen-bond acceptors (Lipinski definition) is 2. The Bertz CT molecular complexity index is 40.8. The summed E-state index contributed by atoms with van der Waals surface area (Å²) >= 11 is 1.71. The summed E-state index contributed by atoms with van der Waals surface area (Å²) in [6.07, 6.45) is 1.21. The Morgan fingerprint density at radius 1 is 2.00 bits per heavy atom. The van der Waals surface area contributed by atoms with Crippen LogP contribution in [0.1, 0.15) is 13.3 Å². The van der Waals surface area contributed by atoms with Crippen molar-refractivity contribution in [2.24, 2.45) is 0 Å². The van der Waals surface area contributed by atoms with Gasteiger partial charge in [-0.1, -0.05) is 11.9 Å². The molecule has 1 aliphatic rings. The van der Waals surface area contributed by atoms with Gasteiger partial charge in [0, 0.05) is 11.8 Å². The number of hydrogen-bond donors (Lipinski definition) is 1. The molecule has 1 radical (unpaired) electrons. The summed E-state index contributed by atoms with van der Waals surface area (Å²) in [5.41, 5.74) is 0. The van der Waals surface area contributed by atoms with Gasteiger partial charge < -0.3 is 0 Å². The van der Waals surface area contributed by atoms with Crippen molar-refractivity contribution in [2.45, 2.75) is 19.4 Å². The third-order valence-corrected chi connectivity index (χ3v) is 1.70. The Hall–Kier alpha value is 0.310. The Morgan fingerprint density at radius 2 is 2.83 bits per heavy atom. The van der Waals surface area contributed by atoms with E-state index in [1.54, 1.807) is 11.9 Å². The predicted octanol–water partition coefficient (Wildman–Crippen LogP) is 1.18. The summed E-state index contributed by atoms with van der Waals surface area (Å²) in [7, 11) is 0. The molecule has 1 nitrogen and oxygen atoms in total. The molecule has 0 saturated carbocycles. The topological polar surface area (TPSA) is 12.0 Å². The van der Waals surface area contributed by atoms with Crippen molar-refractivity contribution in [3.8, 4) is 0 Å². The molecule has 35 valence electrons. The molecule has 1 atom stereocenters. The first-order valence-electron chi connectivity index (χ1n) is 2.12. The van der Waals surface area contributed by atoms with E-state index in [0.29, 0.717) is 6.04 Å². The lowest BCUT2D eigenvalue weighted by atomic mass is 10.3. The first kappa shape index (κ1) is 4.47. The maximum atomic E-state index is 3.18. The molecule has 0 aromatic rings. The van der Waals surface area contributed by atoms with Gasteiger partial charge in [0.2, 0.25) is 0 Å². The highest BCUT2D eigenvalue weighted by atomic mass is 32.2. The van der Waals surface area contributed by atoms with E-state index in [0.717, 1.165) is 0 Å². The van der Waals surface area contributed by atoms with E-state index in [2.05, 4.69) is 17.4 Å². The molecule has 1 N–H and O–H groups in total. The van der Waals surface area contributed by atoms with Crippen molar-refractivity contribution in [2.75, 3.05) is 0 Å². The maximum absolute atomic E-state index is 3.18. The summed E-state index contributed by atoms with van der Waals surface area (Å²) < 4.78 is 3.18. The summed E-state index contributed by atoms with van der Waals surface area (Å²) in [6, 6.07) is 0.704. The van der Waals surface area contributed by atoms with Crippen LogP contribution in [0.2, 0.25) is 0 Å². The van der Waals surface area contributed by atoms with E-state index in [1.165, 1.54) is 6.42 Å². The smallest absolute Gasteiger partial charge is 0.0340 e. The molecule has 1 unspecified atom stereocenters. The molecule has 2 heteroatoms. The Balaban J connectivity index is 2.18. The van der Waals surface area contributed by atoms with Crippen LogP contribution < -0.4 is 4.72 Å². The molecule has 1 saturated heterocycles. The molecule has 0 bridgehead atoms. The van der Waals surface area contributed by atoms with Gasteiger partial charge in [-0.15, -0.1) is 0 Å². The zero-order valence-corrected chi connectivity index (χ0v) is 4.59. The standard InChI is InChI=1S/C4H8NS/c1-4-2-3-6-5-4/h3-5H,2H2,1H3. The van der Waals surface area contributed by atoms with Gasteiger partial charge in [-0.2, -0.15) is 0 Å². The van der Waals surface area contributed by atoms with Crippen molar-refractivity contribution < 1.29 is 0 Å². The van der Waals surface area contributed by atoms with E-state index < -0.39 is 0 Å². The van der Waals surface area contributed by atoms with Gasteiger partial charge in [0.05, 0.1) is 0 Å². The van der Waals surface area contributed by atoms with Crippen LogP contribution in [0.15, 0.2) is 0 Å². The average molecular weight is 102 g/mol.